The van der Waals surface area contributed by atoms with Crippen LogP contribution in [0.4, 0.5) is 18.9 Å². The zero-order valence-corrected chi connectivity index (χ0v) is 21.8. The Bertz CT molecular complexity index is 1350. The fourth-order valence-electron chi connectivity index (χ4n) is 4.94. The Morgan fingerprint density at radius 2 is 1.76 bits per heavy atom. The quantitative estimate of drug-likeness (QED) is 0.493. The number of halogens is 4. The van der Waals surface area contributed by atoms with Gasteiger partial charge >= 0.3 is 0 Å². The molecule has 3 fully saturated rings. The van der Waals surface area contributed by atoms with Crippen LogP contribution in [-0.2, 0) is 19.8 Å². The summed E-state index contributed by atoms with van der Waals surface area (Å²) in [5.41, 5.74) is 0.281. The predicted octanol–water partition coefficient (Wildman–Crippen LogP) is 3.35. The normalized spacial score (nSPS) is 22.5. The molecule has 0 aromatic heterocycles. The third-order valence-corrected chi connectivity index (χ3v) is 9.37. The van der Waals surface area contributed by atoms with Gasteiger partial charge in [-0.15, -0.1) is 0 Å². The molecule has 13 heteroatoms. The van der Waals surface area contributed by atoms with Gasteiger partial charge < -0.3 is 5.32 Å². The van der Waals surface area contributed by atoms with Crippen molar-refractivity contribution in [3.05, 3.63) is 64.9 Å². The van der Waals surface area contributed by atoms with E-state index in [1.54, 1.807) is 12.1 Å². The number of benzene rings is 2. The van der Waals surface area contributed by atoms with Crippen molar-refractivity contribution in [2.75, 3.05) is 31.1 Å². The molecule has 2 aromatic carbocycles. The van der Waals surface area contributed by atoms with Crippen LogP contribution in [0.25, 0.3) is 0 Å². The SMILES string of the molecule is O=C(NC1CC(F)(F)C1)[C@H](c1ccccc1Cl)N(C(=O)[C@@H]1CCN(S(=O)(=O)N2CC2)C1)c1cccc(F)c1. The number of hydrogen-bond acceptors (Lipinski definition) is 4. The van der Waals surface area contributed by atoms with Crippen LogP contribution in [0.1, 0.15) is 30.9 Å². The molecule has 2 atom stereocenters. The molecule has 2 saturated heterocycles. The van der Waals surface area contributed by atoms with Gasteiger partial charge in [-0.05, 0) is 30.7 Å². The lowest BCUT2D eigenvalue weighted by Crippen LogP contribution is -2.54. The maximum Gasteiger partial charge on any atom is 0.282 e. The third-order valence-electron chi connectivity index (χ3n) is 7.03. The summed E-state index contributed by atoms with van der Waals surface area (Å²) in [6.07, 6.45) is -0.870. The Hall–Kier alpha value is -2.67. The smallest absolute Gasteiger partial charge is 0.282 e. The molecule has 204 valence electrons. The Morgan fingerprint density at radius 1 is 1.05 bits per heavy atom. The highest BCUT2D eigenvalue weighted by Gasteiger charge is 2.48. The van der Waals surface area contributed by atoms with Crippen LogP contribution in [0.3, 0.4) is 0 Å². The van der Waals surface area contributed by atoms with E-state index in [4.69, 9.17) is 11.6 Å². The first-order chi connectivity index (χ1) is 18.0. The number of carbonyl (C=O) groups is 2. The topological polar surface area (TPSA) is 89.8 Å². The van der Waals surface area contributed by atoms with Crippen LogP contribution in [0, 0.1) is 11.7 Å². The zero-order valence-electron chi connectivity index (χ0n) is 20.2. The highest BCUT2D eigenvalue weighted by atomic mass is 35.5. The van der Waals surface area contributed by atoms with Crippen molar-refractivity contribution in [3.63, 3.8) is 0 Å². The van der Waals surface area contributed by atoms with Crippen molar-refractivity contribution in [3.8, 4) is 0 Å². The largest absolute Gasteiger partial charge is 0.351 e. The first kappa shape index (κ1) is 26.9. The number of rotatable bonds is 8. The molecule has 1 saturated carbocycles. The average molecular weight is 571 g/mol. The molecular formula is C25H26ClF3N4O4S. The molecule has 2 aliphatic heterocycles. The maximum absolute atomic E-state index is 14.3. The molecule has 2 aromatic rings. The van der Waals surface area contributed by atoms with Crippen molar-refractivity contribution < 1.29 is 31.2 Å². The summed E-state index contributed by atoms with van der Waals surface area (Å²) in [6.45, 7) is 0.852. The Balaban J connectivity index is 1.51. The van der Waals surface area contributed by atoms with Crippen LogP contribution in [0.5, 0.6) is 0 Å². The summed E-state index contributed by atoms with van der Waals surface area (Å²) >= 11 is 6.44. The van der Waals surface area contributed by atoms with E-state index in [0.717, 1.165) is 11.0 Å². The summed E-state index contributed by atoms with van der Waals surface area (Å²) < 4.78 is 69.2. The standard InChI is InChI=1S/C25H26ClF3N4O4S/c26-21-7-2-1-6-20(21)22(23(34)30-18-13-25(28,29)14-18)33(19-5-3-4-17(27)12-19)24(35)16-8-9-32(15-16)38(36,37)31-10-11-31/h1-7,12,16,18,22H,8-11,13-15H2,(H,30,34)/t16-,22+/m1/s1. The first-order valence-electron chi connectivity index (χ1n) is 12.2. The van der Waals surface area contributed by atoms with E-state index >= 15 is 0 Å². The number of anilines is 1. The van der Waals surface area contributed by atoms with Crippen LogP contribution in [0.2, 0.25) is 5.02 Å². The summed E-state index contributed by atoms with van der Waals surface area (Å²) in [6, 6.07) is 9.20. The van der Waals surface area contributed by atoms with Gasteiger partial charge in [-0.3, -0.25) is 14.5 Å². The Labute approximate surface area is 223 Å². The third kappa shape index (κ3) is 5.40. The van der Waals surface area contributed by atoms with Crippen LogP contribution in [0.15, 0.2) is 48.5 Å². The van der Waals surface area contributed by atoms with Gasteiger partial charge in [-0.1, -0.05) is 35.9 Å². The molecule has 2 amide bonds. The second-order valence-corrected chi connectivity index (χ2v) is 12.2. The molecule has 0 bridgehead atoms. The number of alkyl halides is 2. The van der Waals surface area contributed by atoms with E-state index in [2.05, 4.69) is 5.32 Å². The van der Waals surface area contributed by atoms with Crippen molar-refractivity contribution in [1.29, 1.82) is 0 Å². The number of hydrogen-bond donors (Lipinski definition) is 1. The molecule has 3 aliphatic rings. The van der Waals surface area contributed by atoms with Gasteiger partial charge in [-0.25, -0.2) is 13.2 Å². The predicted molar refractivity (Wildman–Crippen MR) is 134 cm³/mol. The molecule has 5 rings (SSSR count). The van der Waals surface area contributed by atoms with Gasteiger partial charge in [0, 0.05) is 61.3 Å². The number of nitrogens with one attached hydrogen (secondary N) is 1. The molecule has 2 heterocycles. The van der Waals surface area contributed by atoms with Gasteiger partial charge in [0.25, 0.3) is 16.1 Å². The highest BCUT2D eigenvalue weighted by molar-refractivity contribution is 7.87. The van der Waals surface area contributed by atoms with E-state index in [9.17, 15) is 31.2 Å². The summed E-state index contributed by atoms with van der Waals surface area (Å²) in [7, 11) is -3.68. The van der Waals surface area contributed by atoms with Crippen molar-refractivity contribution in [2.45, 2.75) is 37.3 Å². The molecular weight excluding hydrogens is 545 g/mol. The minimum atomic E-state index is -3.68. The van der Waals surface area contributed by atoms with Crippen molar-refractivity contribution in [2.24, 2.45) is 5.92 Å². The van der Waals surface area contributed by atoms with E-state index in [0.29, 0.717) is 13.1 Å². The molecule has 0 radical (unpaired) electrons. The second-order valence-electron chi connectivity index (χ2n) is 9.83. The zero-order chi connectivity index (χ0) is 27.2. The molecule has 8 nitrogen and oxygen atoms in total. The monoisotopic (exact) mass is 570 g/mol. The lowest BCUT2D eigenvalue weighted by Gasteiger charge is -2.38. The fourth-order valence-corrected chi connectivity index (χ4v) is 6.75. The van der Waals surface area contributed by atoms with Gasteiger partial charge in [0.05, 0.1) is 5.92 Å². The van der Waals surface area contributed by atoms with Crippen LogP contribution in [-0.4, -0.2) is 67.0 Å². The molecule has 0 spiro atoms. The molecule has 1 aliphatic carbocycles. The van der Waals surface area contributed by atoms with Gasteiger partial charge in [0.2, 0.25) is 11.8 Å². The van der Waals surface area contributed by atoms with E-state index < -0.39 is 64.6 Å². The number of carbonyl (C=O) groups excluding carboxylic acids is 2. The van der Waals surface area contributed by atoms with Crippen molar-refractivity contribution in [1.82, 2.24) is 13.9 Å². The first-order valence-corrected chi connectivity index (χ1v) is 14.0. The summed E-state index contributed by atoms with van der Waals surface area (Å²) in [5.74, 6) is -5.71. The Morgan fingerprint density at radius 3 is 2.39 bits per heavy atom. The average Bonchev–Trinajstić information content (AvgIpc) is 3.58. The molecule has 38 heavy (non-hydrogen) atoms. The van der Waals surface area contributed by atoms with Crippen LogP contribution < -0.4 is 10.2 Å². The van der Waals surface area contributed by atoms with Gasteiger partial charge in [0.1, 0.15) is 11.9 Å². The highest BCUT2D eigenvalue weighted by Crippen LogP contribution is 2.39. The maximum atomic E-state index is 14.3. The van der Waals surface area contributed by atoms with Gasteiger partial charge in [-0.2, -0.15) is 17.0 Å². The minimum absolute atomic E-state index is 0.0567. The lowest BCUT2D eigenvalue weighted by atomic mass is 9.87. The van der Waals surface area contributed by atoms with Gasteiger partial charge in [0.15, 0.2) is 0 Å². The van der Waals surface area contributed by atoms with Crippen molar-refractivity contribution >= 4 is 39.3 Å². The summed E-state index contributed by atoms with van der Waals surface area (Å²) in [5, 5.41) is 2.74. The van der Waals surface area contributed by atoms with E-state index in [1.165, 1.54) is 38.9 Å². The fraction of sp³-hybridized carbons (Fsp3) is 0.440. The van der Waals surface area contributed by atoms with Crippen LogP contribution >= 0.6 is 11.6 Å². The second kappa shape index (κ2) is 10.1. The Kier molecular flexibility index (Phi) is 7.18. The summed E-state index contributed by atoms with van der Waals surface area (Å²) in [4.78, 5) is 28.8. The van der Waals surface area contributed by atoms with E-state index in [1.807, 2.05) is 0 Å². The minimum Gasteiger partial charge on any atom is -0.351 e. The lowest BCUT2D eigenvalue weighted by molar-refractivity contribution is -0.133. The van der Waals surface area contributed by atoms with E-state index in [-0.39, 0.29) is 35.8 Å². The molecule has 1 N–H and O–H groups in total. The number of nitrogens with zero attached hydrogens (tertiary/aromatic N) is 3. The number of amides is 2. The molecule has 0 unspecified atom stereocenters.